The van der Waals surface area contributed by atoms with Crippen molar-refractivity contribution in [3.63, 3.8) is 0 Å². The lowest BCUT2D eigenvalue weighted by Gasteiger charge is -2.03. The number of H-pyrrole nitrogens is 1. The van der Waals surface area contributed by atoms with Crippen LogP contribution in [0.15, 0.2) is 54.7 Å². The van der Waals surface area contributed by atoms with E-state index in [4.69, 9.17) is 9.47 Å². The van der Waals surface area contributed by atoms with E-state index >= 15 is 0 Å². The summed E-state index contributed by atoms with van der Waals surface area (Å²) < 4.78 is 12.5. The van der Waals surface area contributed by atoms with Crippen molar-refractivity contribution in [1.82, 2.24) is 19.7 Å². The number of nitrogens with zero attached hydrogens (tertiary/aromatic N) is 3. The summed E-state index contributed by atoms with van der Waals surface area (Å²) in [7, 11) is 3.32. The van der Waals surface area contributed by atoms with Crippen molar-refractivity contribution in [2.24, 2.45) is 0 Å². The fraction of sp³-hybridized carbons (Fsp3) is 0.261. The van der Waals surface area contributed by atoms with E-state index in [1.54, 1.807) is 14.2 Å². The molecule has 160 valence electrons. The molecule has 1 amide bonds. The predicted octanol–water partition coefficient (Wildman–Crippen LogP) is 3.19. The third-order valence-corrected chi connectivity index (χ3v) is 5.07. The molecule has 0 saturated heterocycles. The van der Waals surface area contributed by atoms with Crippen LogP contribution in [-0.4, -0.2) is 46.5 Å². The molecule has 4 aromatic rings. The first-order valence-electron chi connectivity index (χ1n) is 10.1. The number of aromatic amines is 1. The van der Waals surface area contributed by atoms with Gasteiger partial charge in [0.1, 0.15) is 11.6 Å². The standard InChI is InChI=1S/C23H25N5O3/c1-30-12-11-28-15-17(19-5-3-4-6-20(19)28)14-22(29)25-23-24-21(26-27-23)13-16-7-9-18(31-2)10-8-16/h3-10,15H,11-14H2,1-2H3,(H2,24,25,26,27,29). The van der Waals surface area contributed by atoms with Crippen LogP contribution in [0.2, 0.25) is 0 Å². The normalized spacial score (nSPS) is 11.0. The molecule has 8 heteroatoms. The molecule has 0 aliphatic heterocycles. The highest BCUT2D eigenvalue weighted by atomic mass is 16.5. The molecule has 2 aromatic carbocycles. The largest absolute Gasteiger partial charge is 0.497 e. The Morgan fingerprint density at radius 1 is 1.13 bits per heavy atom. The van der Waals surface area contributed by atoms with Crippen molar-refractivity contribution in [1.29, 1.82) is 0 Å². The molecular weight excluding hydrogens is 394 g/mol. The van der Waals surface area contributed by atoms with E-state index in [-0.39, 0.29) is 18.3 Å². The molecule has 0 bridgehead atoms. The van der Waals surface area contributed by atoms with Crippen LogP contribution >= 0.6 is 0 Å². The maximum absolute atomic E-state index is 12.6. The highest BCUT2D eigenvalue weighted by molar-refractivity contribution is 5.94. The number of amides is 1. The lowest BCUT2D eigenvalue weighted by atomic mass is 10.1. The number of carbonyl (C=O) groups is 1. The second kappa shape index (κ2) is 9.44. The maximum atomic E-state index is 12.6. The van der Waals surface area contributed by atoms with Crippen LogP contribution in [0.25, 0.3) is 10.9 Å². The Morgan fingerprint density at radius 3 is 2.71 bits per heavy atom. The van der Waals surface area contributed by atoms with Gasteiger partial charge in [0.25, 0.3) is 0 Å². The lowest BCUT2D eigenvalue weighted by Crippen LogP contribution is -2.15. The zero-order valence-corrected chi connectivity index (χ0v) is 17.6. The number of para-hydroxylation sites is 1. The van der Waals surface area contributed by atoms with Crippen LogP contribution in [-0.2, 0) is 28.9 Å². The van der Waals surface area contributed by atoms with Gasteiger partial charge in [-0.2, -0.15) is 4.98 Å². The fourth-order valence-corrected chi connectivity index (χ4v) is 3.55. The number of rotatable bonds is 9. The van der Waals surface area contributed by atoms with Crippen LogP contribution in [0.5, 0.6) is 5.75 Å². The number of benzene rings is 2. The summed E-state index contributed by atoms with van der Waals surface area (Å²) in [5.74, 6) is 1.59. The van der Waals surface area contributed by atoms with Gasteiger partial charge in [-0.3, -0.25) is 15.2 Å². The molecule has 0 atom stereocenters. The number of ether oxygens (including phenoxy) is 2. The SMILES string of the molecule is COCCn1cc(CC(=O)Nc2n[nH]c(Cc3ccc(OC)cc3)n2)c2ccccc21. The molecule has 0 aliphatic carbocycles. The topological polar surface area (TPSA) is 94.1 Å². The van der Waals surface area contributed by atoms with E-state index in [1.807, 2.05) is 54.7 Å². The molecule has 0 aliphatic rings. The summed E-state index contributed by atoms with van der Waals surface area (Å²) in [6.45, 7) is 1.34. The quantitative estimate of drug-likeness (QED) is 0.435. The molecule has 0 saturated carbocycles. The number of carbonyl (C=O) groups excluding carboxylic acids is 1. The van der Waals surface area contributed by atoms with Crippen LogP contribution < -0.4 is 10.1 Å². The highest BCUT2D eigenvalue weighted by Crippen LogP contribution is 2.22. The van der Waals surface area contributed by atoms with Gasteiger partial charge in [0.05, 0.1) is 20.1 Å². The summed E-state index contributed by atoms with van der Waals surface area (Å²) in [4.78, 5) is 17.0. The smallest absolute Gasteiger partial charge is 0.248 e. The van der Waals surface area contributed by atoms with Gasteiger partial charge in [-0.15, -0.1) is 5.10 Å². The fourth-order valence-electron chi connectivity index (χ4n) is 3.55. The molecule has 0 spiro atoms. The number of hydrogen-bond acceptors (Lipinski definition) is 5. The van der Waals surface area contributed by atoms with Gasteiger partial charge >= 0.3 is 0 Å². The average Bonchev–Trinajstić information content (AvgIpc) is 3.37. The van der Waals surface area contributed by atoms with E-state index in [0.717, 1.165) is 34.3 Å². The first kappa shape index (κ1) is 20.6. The van der Waals surface area contributed by atoms with E-state index in [9.17, 15) is 4.79 Å². The molecule has 0 fully saturated rings. The summed E-state index contributed by atoms with van der Waals surface area (Å²) in [5.41, 5.74) is 3.11. The van der Waals surface area contributed by atoms with Gasteiger partial charge in [-0.25, -0.2) is 0 Å². The number of fused-ring (bicyclic) bond motifs is 1. The predicted molar refractivity (Wildman–Crippen MR) is 118 cm³/mol. The molecule has 0 radical (unpaired) electrons. The Kier molecular flexibility index (Phi) is 6.28. The number of aromatic nitrogens is 4. The Morgan fingerprint density at radius 2 is 1.94 bits per heavy atom. The molecule has 0 unspecified atom stereocenters. The van der Waals surface area contributed by atoms with Gasteiger partial charge < -0.3 is 14.0 Å². The molecular formula is C23H25N5O3. The minimum atomic E-state index is -0.162. The summed E-state index contributed by atoms with van der Waals surface area (Å²) >= 11 is 0. The summed E-state index contributed by atoms with van der Waals surface area (Å²) in [6.07, 6.45) is 2.83. The zero-order valence-electron chi connectivity index (χ0n) is 17.6. The van der Waals surface area contributed by atoms with E-state index in [1.165, 1.54) is 0 Å². The first-order valence-corrected chi connectivity index (χ1v) is 10.1. The van der Waals surface area contributed by atoms with E-state index < -0.39 is 0 Å². The molecule has 2 heterocycles. The average molecular weight is 419 g/mol. The highest BCUT2D eigenvalue weighted by Gasteiger charge is 2.14. The van der Waals surface area contributed by atoms with Crippen molar-refractivity contribution >= 4 is 22.8 Å². The minimum absolute atomic E-state index is 0.162. The van der Waals surface area contributed by atoms with Crippen LogP contribution in [0, 0.1) is 0 Å². The Bertz CT molecular complexity index is 1160. The van der Waals surface area contributed by atoms with Gasteiger partial charge in [-0.1, -0.05) is 30.3 Å². The van der Waals surface area contributed by atoms with Crippen molar-refractivity contribution < 1.29 is 14.3 Å². The molecule has 31 heavy (non-hydrogen) atoms. The van der Waals surface area contributed by atoms with Crippen molar-refractivity contribution in [2.45, 2.75) is 19.4 Å². The summed E-state index contributed by atoms with van der Waals surface area (Å²) in [6, 6.07) is 15.8. The Hall–Kier alpha value is -3.65. The Balaban J connectivity index is 1.41. The van der Waals surface area contributed by atoms with E-state index in [0.29, 0.717) is 18.9 Å². The number of methoxy groups -OCH3 is 2. The van der Waals surface area contributed by atoms with Crippen molar-refractivity contribution in [3.8, 4) is 5.75 Å². The van der Waals surface area contributed by atoms with Crippen molar-refractivity contribution in [2.75, 3.05) is 26.1 Å². The van der Waals surface area contributed by atoms with Crippen LogP contribution in [0.1, 0.15) is 17.0 Å². The van der Waals surface area contributed by atoms with Gasteiger partial charge in [-0.05, 0) is 29.3 Å². The maximum Gasteiger partial charge on any atom is 0.248 e. The molecule has 4 rings (SSSR count). The van der Waals surface area contributed by atoms with Gasteiger partial charge in [0.2, 0.25) is 11.9 Å². The monoisotopic (exact) mass is 419 g/mol. The summed E-state index contributed by atoms with van der Waals surface area (Å²) in [5, 5.41) is 10.8. The molecule has 8 nitrogen and oxygen atoms in total. The number of nitrogens with one attached hydrogen (secondary N) is 2. The van der Waals surface area contributed by atoms with Crippen molar-refractivity contribution in [3.05, 3.63) is 71.7 Å². The minimum Gasteiger partial charge on any atom is -0.497 e. The third-order valence-electron chi connectivity index (χ3n) is 5.07. The van der Waals surface area contributed by atoms with Crippen LogP contribution in [0.3, 0.4) is 0 Å². The lowest BCUT2D eigenvalue weighted by molar-refractivity contribution is -0.115. The molecule has 2 aromatic heterocycles. The van der Waals surface area contributed by atoms with E-state index in [2.05, 4.69) is 25.1 Å². The second-order valence-corrected chi connectivity index (χ2v) is 7.21. The Labute approximate surface area is 180 Å². The third kappa shape index (κ3) is 4.92. The van der Waals surface area contributed by atoms with Crippen LogP contribution in [0.4, 0.5) is 5.95 Å². The first-order chi connectivity index (χ1) is 15.2. The molecule has 2 N–H and O–H groups in total. The van der Waals surface area contributed by atoms with Gasteiger partial charge in [0.15, 0.2) is 0 Å². The number of hydrogen-bond donors (Lipinski definition) is 2. The zero-order chi connectivity index (χ0) is 21.6. The van der Waals surface area contributed by atoms with Gasteiger partial charge in [0, 0.05) is 37.2 Å². The number of anilines is 1. The second-order valence-electron chi connectivity index (χ2n) is 7.21.